The lowest BCUT2D eigenvalue weighted by Crippen LogP contribution is -2.31. The number of amides is 1. The predicted molar refractivity (Wildman–Crippen MR) is 111 cm³/mol. The minimum absolute atomic E-state index is 0.0666. The Labute approximate surface area is 171 Å². The van der Waals surface area contributed by atoms with Crippen LogP contribution in [0.25, 0.3) is 0 Å². The number of rotatable bonds is 5. The van der Waals surface area contributed by atoms with Crippen LogP contribution in [0.1, 0.15) is 52.6 Å². The van der Waals surface area contributed by atoms with Crippen molar-refractivity contribution >= 4 is 5.91 Å². The Morgan fingerprint density at radius 3 is 2.79 bits per heavy atom. The minimum atomic E-state index is -0.0666. The first-order chi connectivity index (χ1) is 14.2. The van der Waals surface area contributed by atoms with Gasteiger partial charge in [0, 0.05) is 25.6 Å². The van der Waals surface area contributed by atoms with Gasteiger partial charge in [0.2, 0.25) is 5.76 Å². The van der Waals surface area contributed by atoms with Gasteiger partial charge in [-0.05, 0) is 48.4 Å². The maximum absolute atomic E-state index is 12.9. The number of carbonyl (C=O) groups is 1. The third kappa shape index (κ3) is 4.67. The summed E-state index contributed by atoms with van der Waals surface area (Å²) >= 11 is 0. The minimum Gasteiger partial charge on any atom is -0.497 e. The average molecular weight is 390 g/mol. The van der Waals surface area contributed by atoms with E-state index in [9.17, 15) is 4.79 Å². The van der Waals surface area contributed by atoms with E-state index in [1.54, 1.807) is 13.2 Å². The zero-order chi connectivity index (χ0) is 20.1. The van der Waals surface area contributed by atoms with Gasteiger partial charge in [-0.1, -0.05) is 47.6 Å². The normalized spacial score (nSPS) is 17.0. The smallest absolute Gasteiger partial charge is 0.292 e. The summed E-state index contributed by atoms with van der Waals surface area (Å²) in [6.07, 6.45) is 3.67. The van der Waals surface area contributed by atoms with Gasteiger partial charge in [-0.25, -0.2) is 0 Å². The number of hydrogen-bond donors (Lipinski definition) is 0. The van der Waals surface area contributed by atoms with E-state index in [-0.39, 0.29) is 5.91 Å². The molecule has 29 heavy (non-hydrogen) atoms. The summed E-state index contributed by atoms with van der Waals surface area (Å²) in [6, 6.07) is 20.2. The summed E-state index contributed by atoms with van der Waals surface area (Å²) in [5.41, 5.74) is 3.18. The Morgan fingerprint density at radius 1 is 1.10 bits per heavy atom. The third-order valence-electron chi connectivity index (χ3n) is 5.58. The molecule has 1 saturated heterocycles. The van der Waals surface area contributed by atoms with Gasteiger partial charge < -0.3 is 14.2 Å². The Hall–Kier alpha value is -3.08. The summed E-state index contributed by atoms with van der Waals surface area (Å²) in [7, 11) is 1.65. The molecule has 0 spiro atoms. The molecule has 0 unspecified atom stereocenters. The fourth-order valence-corrected chi connectivity index (χ4v) is 4.00. The molecule has 150 valence electrons. The molecule has 1 amide bonds. The molecule has 0 bridgehead atoms. The molecule has 0 saturated carbocycles. The molecule has 1 aliphatic rings. The lowest BCUT2D eigenvalue weighted by molar-refractivity contribution is 0.0719. The Morgan fingerprint density at radius 2 is 1.97 bits per heavy atom. The Balaban J connectivity index is 1.39. The quantitative estimate of drug-likeness (QED) is 0.634. The van der Waals surface area contributed by atoms with Crippen molar-refractivity contribution in [1.29, 1.82) is 0 Å². The molecular formula is C24H26N2O3. The van der Waals surface area contributed by atoms with E-state index >= 15 is 0 Å². The highest BCUT2D eigenvalue weighted by molar-refractivity contribution is 5.91. The highest BCUT2D eigenvalue weighted by atomic mass is 16.5. The largest absolute Gasteiger partial charge is 0.497 e. The fourth-order valence-electron chi connectivity index (χ4n) is 4.00. The van der Waals surface area contributed by atoms with Gasteiger partial charge >= 0.3 is 0 Å². The van der Waals surface area contributed by atoms with Gasteiger partial charge in [0.05, 0.1) is 12.8 Å². The van der Waals surface area contributed by atoms with Gasteiger partial charge in [-0.3, -0.25) is 4.79 Å². The van der Waals surface area contributed by atoms with Crippen LogP contribution in [-0.4, -0.2) is 36.2 Å². The molecule has 0 N–H and O–H groups in total. The van der Waals surface area contributed by atoms with Crippen LogP contribution >= 0.6 is 0 Å². The van der Waals surface area contributed by atoms with Gasteiger partial charge in [-0.2, -0.15) is 0 Å². The van der Waals surface area contributed by atoms with Crippen LogP contribution in [0.2, 0.25) is 0 Å². The Bertz CT molecular complexity index is 952. The number of likely N-dealkylation sites (tertiary alicyclic amines) is 1. The second kappa shape index (κ2) is 8.95. The molecule has 2 heterocycles. The summed E-state index contributed by atoms with van der Waals surface area (Å²) in [4.78, 5) is 14.8. The predicted octanol–water partition coefficient (Wildman–Crippen LogP) is 4.68. The molecule has 0 radical (unpaired) electrons. The van der Waals surface area contributed by atoms with E-state index in [0.717, 1.165) is 49.4 Å². The van der Waals surface area contributed by atoms with Crippen molar-refractivity contribution in [3.8, 4) is 5.75 Å². The van der Waals surface area contributed by atoms with Gasteiger partial charge in [0.25, 0.3) is 5.91 Å². The lowest BCUT2D eigenvalue weighted by Gasteiger charge is -2.19. The number of benzene rings is 2. The van der Waals surface area contributed by atoms with E-state index in [4.69, 9.17) is 9.26 Å². The van der Waals surface area contributed by atoms with Crippen LogP contribution in [0, 0.1) is 0 Å². The number of carbonyl (C=O) groups excluding carboxylic acids is 1. The second-order valence-corrected chi connectivity index (χ2v) is 7.54. The van der Waals surface area contributed by atoms with Crippen molar-refractivity contribution in [2.45, 2.75) is 31.6 Å². The van der Waals surface area contributed by atoms with E-state index in [1.165, 1.54) is 5.56 Å². The van der Waals surface area contributed by atoms with Crippen molar-refractivity contribution in [1.82, 2.24) is 10.1 Å². The van der Waals surface area contributed by atoms with Crippen molar-refractivity contribution in [2.24, 2.45) is 0 Å². The molecule has 5 heteroatoms. The van der Waals surface area contributed by atoms with Crippen molar-refractivity contribution in [3.05, 3.63) is 83.2 Å². The molecule has 1 aliphatic heterocycles. The maximum atomic E-state index is 12.9. The summed E-state index contributed by atoms with van der Waals surface area (Å²) in [6.45, 7) is 1.50. The number of ether oxygens (including phenoxy) is 1. The first-order valence-corrected chi connectivity index (χ1v) is 10.2. The van der Waals surface area contributed by atoms with Crippen LogP contribution in [0.15, 0.2) is 65.2 Å². The standard InChI is InChI=1S/C24H26N2O3/c1-28-22-11-5-7-18(16-22)15-21-17-23(29-25-21)24(27)26-13-6-10-20(12-14-26)19-8-3-2-4-9-19/h2-5,7-9,11,16-17,20H,6,10,12-15H2,1H3/t20-/m1/s1. The SMILES string of the molecule is COc1cccc(Cc2cc(C(=O)N3CCC[C@@H](c4ccccc4)CC3)on2)c1. The van der Waals surface area contributed by atoms with E-state index in [0.29, 0.717) is 18.1 Å². The van der Waals surface area contributed by atoms with Gasteiger partial charge in [0.1, 0.15) is 5.75 Å². The lowest BCUT2D eigenvalue weighted by atomic mass is 9.92. The number of aromatic nitrogens is 1. The summed E-state index contributed by atoms with van der Waals surface area (Å²) in [5.74, 6) is 1.57. The van der Waals surface area contributed by atoms with Gasteiger partial charge in [-0.15, -0.1) is 0 Å². The van der Waals surface area contributed by atoms with Crippen LogP contribution in [0.5, 0.6) is 5.75 Å². The Kier molecular flexibility index (Phi) is 5.94. The van der Waals surface area contributed by atoms with Crippen LogP contribution in [0.4, 0.5) is 0 Å². The molecule has 5 nitrogen and oxygen atoms in total. The molecule has 2 aromatic carbocycles. The highest BCUT2D eigenvalue weighted by Crippen LogP contribution is 2.28. The van der Waals surface area contributed by atoms with E-state index in [2.05, 4.69) is 29.4 Å². The first-order valence-electron chi connectivity index (χ1n) is 10.2. The van der Waals surface area contributed by atoms with Crippen molar-refractivity contribution in [3.63, 3.8) is 0 Å². The van der Waals surface area contributed by atoms with Crippen molar-refractivity contribution < 1.29 is 14.1 Å². The fraction of sp³-hybridized carbons (Fsp3) is 0.333. The summed E-state index contributed by atoms with van der Waals surface area (Å²) in [5, 5.41) is 4.11. The molecular weight excluding hydrogens is 364 g/mol. The topological polar surface area (TPSA) is 55.6 Å². The average Bonchev–Trinajstić information content (AvgIpc) is 3.08. The van der Waals surface area contributed by atoms with E-state index < -0.39 is 0 Å². The van der Waals surface area contributed by atoms with Crippen LogP contribution < -0.4 is 4.74 Å². The third-order valence-corrected chi connectivity index (χ3v) is 5.58. The molecule has 3 aromatic rings. The number of nitrogens with zero attached hydrogens (tertiary/aromatic N) is 2. The molecule has 4 rings (SSSR count). The maximum Gasteiger partial charge on any atom is 0.292 e. The number of hydrogen-bond acceptors (Lipinski definition) is 4. The molecule has 1 aromatic heterocycles. The van der Waals surface area contributed by atoms with Gasteiger partial charge in [0.15, 0.2) is 0 Å². The monoisotopic (exact) mass is 390 g/mol. The zero-order valence-corrected chi connectivity index (χ0v) is 16.7. The first kappa shape index (κ1) is 19.2. The highest BCUT2D eigenvalue weighted by Gasteiger charge is 2.25. The van der Waals surface area contributed by atoms with E-state index in [1.807, 2.05) is 35.2 Å². The molecule has 1 atom stereocenters. The van der Waals surface area contributed by atoms with Crippen LogP contribution in [0.3, 0.4) is 0 Å². The van der Waals surface area contributed by atoms with Crippen LogP contribution in [-0.2, 0) is 6.42 Å². The molecule has 1 fully saturated rings. The second-order valence-electron chi connectivity index (χ2n) is 7.54. The summed E-state index contributed by atoms with van der Waals surface area (Å²) < 4.78 is 10.7. The number of methoxy groups -OCH3 is 1. The van der Waals surface area contributed by atoms with Crippen molar-refractivity contribution in [2.75, 3.05) is 20.2 Å². The molecule has 0 aliphatic carbocycles. The zero-order valence-electron chi connectivity index (χ0n) is 16.7.